The van der Waals surface area contributed by atoms with Crippen molar-refractivity contribution in [1.82, 2.24) is 0 Å². The average Bonchev–Trinajstić information content (AvgIpc) is 2.24. The molecular formula is C12H11F3N2O. The molecule has 0 fully saturated rings. The molecule has 0 bridgehead atoms. The predicted octanol–water partition coefficient (Wildman–Crippen LogP) is 1.89. The molecule has 0 radical (unpaired) electrons. The molecule has 3 nitrogen and oxygen atoms in total. The Morgan fingerprint density at radius 2 is 2.11 bits per heavy atom. The summed E-state index contributed by atoms with van der Waals surface area (Å²) in [5, 5.41) is 2.16. The van der Waals surface area contributed by atoms with E-state index in [9.17, 15) is 18.0 Å². The monoisotopic (exact) mass is 256 g/mol. The molecule has 0 unspecified atom stereocenters. The molecule has 3 N–H and O–H groups in total. The van der Waals surface area contributed by atoms with Gasteiger partial charge in [-0.25, -0.2) is 0 Å². The van der Waals surface area contributed by atoms with Crippen molar-refractivity contribution < 1.29 is 18.0 Å². The zero-order valence-electron chi connectivity index (χ0n) is 9.34. The molecule has 0 aromatic heterocycles. The Kier molecular flexibility index (Phi) is 4.75. The van der Waals surface area contributed by atoms with Gasteiger partial charge in [0.1, 0.15) is 6.42 Å². The van der Waals surface area contributed by atoms with E-state index in [0.717, 1.165) is 0 Å². The summed E-state index contributed by atoms with van der Waals surface area (Å²) in [7, 11) is 0. The highest BCUT2D eigenvalue weighted by Gasteiger charge is 2.31. The Morgan fingerprint density at radius 1 is 1.39 bits per heavy atom. The zero-order valence-corrected chi connectivity index (χ0v) is 9.34. The largest absolute Gasteiger partial charge is 0.397 e. The molecule has 0 atom stereocenters. The fourth-order valence-corrected chi connectivity index (χ4v) is 1.22. The standard InChI is InChI=1S/C12H11F3N2O/c13-12(14,15)8-11(18)17-10-5-1-3-9(7-10)4-2-6-16/h1,3,5,7H,6,8,16H2,(H,17,18). The van der Waals surface area contributed by atoms with E-state index >= 15 is 0 Å². The molecule has 0 aliphatic rings. The molecule has 6 heteroatoms. The van der Waals surface area contributed by atoms with E-state index in [1.807, 2.05) is 0 Å². The predicted molar refractivity (Wildman–Crippen MR) is 61.7 cm³/mol. The Balaban J connectivity index is 2.70. The maximum absolute atomic E-state index is 12.0. The van der Waals surface area contributed by atoms with Crippen LogP contribution in [-0.4, -0.2) is 18.6 Å². The molecule has 1 aromatic carbocycles. The van der Waals surface area contributed by atoms with Crippen LogP contribution in [0, 0.1) is 11.8 Å². The van der Waals surface area contributed by atoms with Gasteiger partial charge in [0.25, 0.3) is 0 Å². The molecule has 96 valence electrons. The van der Waals surface area contributed by atoms with E-state index in [1.54, 1.807) is 12.1 Å². The third-order valence-electron chi connectivity index (χ3n) is 1.84. The SMILES string of the molecule is NCC#Cc1cccc(NC(=O)CC(F)(F)F)c1. The first-order valence-corrected chi connectivity index (χ1v) is 5.06. The fourth-order valence-electron chi connectivity index (χ4n) is 1.22. The Bertz CT molecular complexity index is 486. The number of rotatable bonds is 2. The number of hydrogen-bond donors (Lipinski definition) is 2. The number of carbonyl (C=O) groups excluding carboxylic acids is 1. The van der Waals surface area contributed by atoms with Crippen LogP contribution in [0.1, 0.15) is 12.0 Å². The Labute approximate surface area is 102 Å². The van der Waals surface area contributed by atoms with Crippen molar-refractivity contribution in [1.29, 1.82) is 0 Å². The molecule has 0 aliphatic carbocycles. The summed E-state index contributed by atoms with van der Waals surface area (Å²) in [5.74, 6) is 4.22. The number of alkyl halides is 3. The molecule has 0 aliphatic heterocycles. The lowest BCUT2D eigenvalue weighted by Gasteiger charge is -2.07. The quantitative estimate of drug-likeness (QED) is 0.794. The van der Waals surface area contributed by atoms with Crippen LogP contribution in [0.25, 0.3) is 0 Å². The number of anilines is 1. The number of carbonyl (C=O) groups is 1. The van der Waals surface area contributed by atoms with E-state index in [2.05, 4.69) is 17.2 Å². The molecule has 18 heavy (non-hydrogen) atoms. The topological polar surface area (TPSA) is 55.1 Å². The van der Waals surface area contributed by atoms with Gasteiger partial charge in [0.2, 0.25) is 5.91 Å². The van der Waals surface area contributed by atoms with Crippen LogP contribution >= 0.6 is 0 Å². The van der Waals surface area contributed by atoms with Gasteiger partial charge >= 0.3 is 6.18 Å². The first-order chi connectivity index (χ1) is 8.40. The van der Waals surface area contributed by atoms with Crippen LogP contribution in [-0.2, 0) is 4.79 Å². The van der Waals surface area contributed by atoms with Crippen molar-refractivity contribution in [3.63, 3.8) is 0 Å². The van der Waals surface area contributed by atoms with Gasteiger partial charge in [0.15, 0.2) is 0 Å². The molecule has 0 spiro atoms. The molecular weight excluding hydrogens is 245 g/mol. The first-order valence-electron chi connectivity index (χ1n) is 5.06. The van der Waals surface area contributed by atoms with E-state index in [-0.39, 0.29) is 12.2 Å². The average molecular weight is 256 g/mol. The number of hydrogen-bond acceptors (Lipinski definition) is 2. The third-order valence-corrected chi connectivity index (χ3v) is 1.84. The summed E-state index contributed by atoms with van der Waals surface area (Å²) >= 11 is 0. The van der Waals surface area contributed by atoms with Gasteiger partial charge in [-0.2, -0.15) is 13.2 Å². The van der Waals surface area contributed by atoms with Gasteiger partial charge in [-0.05, 0) is 18.2 Å². The van der Waals surface area contributed by atoms with Crippen molar-refractivity contribution in [2.24, 2.45) is 5.73 Å². The van der Waals surface area contributed by atoms with Crippen molar-refractivity contribution >= 4 is 11.6 Å². The van der Waals surface area contributed by atoms with Crippen molar-refractivity contribution in [3.8, 4) is 11.8 Å². The van der Waals surface area contributed by atoms with E-state index in [1.165, 1.54) is 12.1 Å². The first kappa shape index (κ1) is 14.1. The Morgan fingerprint density at radius 3 is 2.72 bits per heavy atom. The highest BCUT2D eigenvalue weighted by atomic mass is 19.4. The molecule has 0 heterocycles. The lowest BCUT2D eigenvalue weighted by Crippen LogP contribution is -2.21. The Hall–Kier alpha value is -2.00. The maximum atomic E-state index is 12.0. The maximum Gasteiger partial charge on any atom is 0.397 e. The van der Waals surface area contributed by atoms with Crippen LogP contribution in [0.4, 0.5) is 18.9 Å². The molecule has 0 saturated heterocycles. The second-order valence-corrected chi connectivity index (χ2v) is 3.43. The number of nitrogens with two attached hydrogens (primary N) is 1. The molecule has 0 saturated carbocycles. The van der Waals surface area contributed by atoms with Crippen molar-refractivity contribution in [2.75, 3.05) is 11.9 Å². The van der Waals surface area contributed by atoms with Crippen LogP contribution in [0.5, 0.6) is 0 Å². The lowest BCUT2D eigenvalue weighted by molar-refractivity contribution is -0.150. The molecule has 1 aromatic rings. The third kappa shape index (κ3) is 5.37. The smallest absolute Gasteiger partial charge is 0.326 e. The number of amides is 1. The van der Waals surface area contributed by atoms with Crippen LogP contribution in [0.15, 0.2) is 24.3 Å². The van der Waals surface area contributed by atoms with Gasteiger partial charge in [0.05, 0.1) is 6.54 Å². The van der Waals surface area contributed by atoms with E-state index in [4.69, 9.17) is 5.73 Å². The van der Waals surface area contributed by atoms with E-state index in [0.29, 0.717) is 5.56 Å². The minimum atomic E-state index is -4.51. The summed E-state index contributed by atoms with van der Waals surface area (Å²) < 4.78 is 35.9. The summed E-state index contributed by atoms with van der Waals surface area (Å²) in [5.41, 5.74) is 6.04. The zero-order chi connectivity index (χ0) is 13.6. The van der Waals surface area contributed by atoms with Gasteiger partial charge in [0, 0.05) is 11.3 Å². The number of benzene rings is 1. The van der Waals surface area contributed by atoms with Crippen LogP contribution in [0.3, 0.4) is 0 Å². The minimum Gasteiger partial charge on any atom is -0.326 e. The van der Waals surface area contributed by atoms with Gasteiger partial charge in [-0.15, -0.1) is 0 Å². The highest BCUT2D eigenvalue weighted by Crippen LogP contribution is 2.20. The second-order valence-electron chi connectivity index (χ2n) is 3.43. The van der Waals surface area contributed by atoms with Gasteiger partial charge in [-0.3, -0.25) is 4.79 Å². The second kappa shape index (κ2) is 6.07. The summed E-state index contributed by atoms with van der Waals surface area (Å²) in [4.78, 5) is 11.1. The summed E-state index contributed by atoms with van der Waals surface area (Å²) in [6.07, 6.45) is -6.02. The molecule has 1 amide bonds. The van der Waals surface area contributed by atoms with Crippen molar-refractivity contribution in [2.45, 2.75) is 12.6 Å². The fraction of sp³-hybridized carbons (Fsp3) is 0.250. The summed E-state index contributed by atoms with van der Waals surface area (Å²) in [6.45, 7) is 0.185. The number of halogens is 3. The number of nitrogens with one attached hydrogen (secondary N) is 1. The minimum absolute atomic E-state index is 0.185. The van der Waals surface area contributed by atoms with E-state index < -0.39 is 18.5 Å². The van der Waals surface area contributed by atoms with Crippen LogP contribution < -0.4 is 11.1 Å². The van der Waals surface area contributed by atoms with Gasteiger partial charge in [-0.1, -0.05) is 17.9 Å². The molecule has 1 rings (SSSR count). The lowest BCUT2D eigenvalue weighted by atomic mass is 10.2. The van der Waals surface area contributed by atoms with Crippen molar-refractivity contribution in [3.05, 3.63) is 29.8 Å². The van der Waals surface area contributed by atoms with Gasteiger partial charge < -0.3 is 11.1 Å². The normalized spacial score (nSPS) is 10.4. The summed E-state index contributed by atoms with van der Waals surface area (Å²) in [6, 6.07) is 6.23. The van der Waals surface area contributed by atoms with Crippen LogP contribution in [0.2, 0.25) is 0 Å². The highest BCUT2D eigenvalue weighted by molar-refractivity contribution is 5.91.